The molecular formula is C21H23F2NO5. The average molecular weight is 407 g/mol. The van der Waals surface area contributed by atoms with Gasteiger partial charge >= 0.3 is 12.6 Å². The van der Waals surface area contributed by atoms with Crippen molar-refractivity contribution in [2.75, 3.05) is 11.9 Å². The first-order valence-corrected chi connectivity index (χ1v) is 9.03. The zero-order valence-electron chi connectivity index (χ0n) is 16.4. The number of carbonyl (C=O) groups is 2. The second kappa shape index (κ2) is 10.4. The molecule has 29 heavy (non-hydrogen) atoms. The van der Waals surface area contributed by atoms with Crippen LogP contribution in [-0.4, -0.2) is 31.2 Å². The Morgan fingerprint density at radius 3 is 2.28 bits per heavy atom. The van der Waals surface area contributed by atoms with Gasteiger partial charge in [0, 0.05) is 0 Å². The van der Waals surface area contributed by atoms with E-state index >= 15 is 0 Å². The molecule has 1 amide bonds. The normalized spacial score (nSPS) is 11.8. The Bertz CT molecular complexity index is 824. The Hall–Kier alpha value is -3.16. The van der Waals surface area contributed by atoms with Crippen molar-refractivity contribution in [3.63, 3.8) is 0 Å². The number of amides is 1. The van der Waals surface area contributed by atoms with Crippen LogP contribution in [0.2, 0.25) is 0 Å². The molecule has 156 valence electrons. The van der Waals surface area contributed by atoms with E-state index in [9.17, 15) is 18.4 Å². The molecule has 0 aliphatic rings. The monoisotopic (exact) mass is 407 g/mol. The molecule has 0 bridgehead atoms. The molecular weight excluding hydrogens is 384 g/mol. The number of halogens is 2. The summed E-state index contributed by atoms with van der Waals surface area (Å²) >= 11 is 0. The molecule has 0 saturated carbocycles. The van der Waals surface area contributed by atoms with Crippen molar-refractivity contribution in [3.05, 3.63) is 54.1 Å². The minimum absolute atomic E-state index is 0.0437. The molecule has 0 aliphatic heterocycles. The highest BCUT2D eigenvalue weighted by atomic mass is 19.3. The number of hydrogen-bond donors (Lipinski definition) is 1. The number of rotatable bonds is 9. The van der Waals surface area contributed by atoms with Gasteiger partial charge in [-0.05, 0) is 42.7 Å². The Morgan fingerprint density at radius 2 is 1.66 bits per heavy atom. The van der Waals surface area contributed by atoms with Crippen molar-refractivity contribution in [3.8, 4) is 11.5 Å². The molecule has 1 N–H and O–H groups in total. The SMILES string of the molecule is CC(OC(=O)COc1ccc(C(C)C)cc1)C(=O)Nc1ccccc1OC(F)F. The van der Waals surface area contributed by atoms with Crippen LogP contribution in [0.3, 0.4) is 0 Å². The summed E-state index contributed by atoms with van der Waals surface area (Å²) in [7, 11) is 0. The molecule has 0 radical (unpaired) electrons. The molecule has 2 aromatic carbocycles. The fourth-order valence-electron chi connectivity index (χ4n) is 2.38. The lowest BCUT2D eigenvalue weighted by molar-refractivity contribution is -0.155. The molecule has 0 aliphatic carbocycles. The number of benzene rings is 2. The van der Waals surface area contributed by atoms with Gasteiger partial charge in [-0.3, -0.25) is 4.79 Å². The van der Waals surface area contributed by atoms with Gasteiger partial charge in [0.15, 0.2) is 12.7 Å². The predicted molar refractivity (Wildman–Crippen MR) is 103 cm³/mol. The fraction of sp³-hybridized carbons (Fsp3) is 0.333. The van der Waals surface area contributed by atoms with Crippen molar-refractivity contribution in [2.24, 2.45) is 0 Å². The predicted octanol–water partition coefficient (Wildman–Crippen LogP) is 4.36. The standard InChI is InChI=1S/C21H23F2NO5/c1-13(2)15-8-10-16(11-9-15)27-12-19(25)28-14(3)20(26)24-17-6-4-5-7-18(17)29-21(22)23/h4-11,13-14,21H,12H2,1-3H3,(H,24,26). The van der Waals surface area contributed by atoms with Crippen LogP contribution in [0.4, 0.5) is 14.5 Å². The highest BCUT2D eigenvalue weighted by molar-refractivity contribution is 5.96. The van der Waals surface area contributed by atoms with Gasteiger partial charge in [-0.2, -0.15) is 8.78 Å². The molecule has 8 heteroatoms. The van der Waals surface area contributed by atoms with E-state index in [1.54, 1.807) is 18.2 Å². The molecule has 0 saturated heterocycles. The van der Waals surface area contributed by atoms with Gasteiger partial charge < -0.3 is 19.5 Å². The van der Waals surface area contributed by atoms with Crippen LogP contribution >= 0.6 is 0 Å². The third-order valence-electron chi connectivity index (χ3n) is 3.94. The minimum Gasteiger partial charge on any atom is -0.482 e. The summed E-state index contributed by atoms with van der Waals surface area (Å²) in [4.78, 5) is 24.1. The number of alkyl halides is 2. The Labute approximate surface area is 167 Å². The number of esters is 1. The average Bonchev–Trinajstić information content (AvgIpc) is 2.67. The highest BCUT2D eigenvalue weighted by Gasteiger charge is 2.20. The molecule has 0 heterocycles. The van der Waals surface area contributed by atoms with Gasteiger partial charge in [-0.15, -0.1) is 0 Å². The lowest BCUT2D eigenvalue weighted by Gasteiger charge is -2.16. The summed E-state index contributed by atoms with van der Waals surface area (Å²) in [5.74, 6) is -0.739. The van der Waals surface area contributed by atoms with Gasteiger partial charge in [0.1, 0.15) is 11.5 Å². The van der Waals surface area contributed by atoms with E-state index in [2.05, 4.69) is 23.9 Å². The largest absolute Gasteiger partial charge is 0.482 e. The highest BCUT2D eigenvalue weighted by Crippen LogP contribution is 2.25. The van der Waals surface area contributed by atoms with E-state index in [0.717, 1.165) is 5.56 Å². The van der Waals surface area contributed by atoms with Gasteiger partial charge in [0.05, 0.1) is 5.69 Å². The second-order valence-corrected chi connectivity index (χ2v) is 6.51. The maximum atomic E-state index is 12.4. The molecule has 0 fully saturated rings. The number of hydrogen-bond acceptors (Lipinski definition) is 5. The van der Waals surface area contributed by atoms with E-state index in [4.69, 9.17) is 9.47 Å². The first-order chi connectivity index (χ1) is 13.8. The molecule has 6 nitrogen and oxygen atoms in total. The number of ether oxygens (including phenoxy) is 3. The van der Waals surface area contributed by atoms with E-state index < -0.39 is 24.6 Å². The number of anilines is 1. The third kappa shape index (κ3) is 7.06. The summed E-state index contributed by atoms with van der Waals surface area (Å²) in [5, 5.41) is 2.40. The lowest BCUT2D eigenvalue weighted by atomic mass is 10.0. The van der Waals surface area contributed by atoms with Crippen molar-refractivity contribution >= 4 is 17.6 Å². The molecule has 0 spiro atoms. The van der Waals surface area contributed by atoms with Crippen molar-refractivity contribution in [2.45, 2.75) is 39.4 Å². The van der Waals surface area contributed by atoms with E-state index in [0.29, 0.717) is 11.7 Å². The van der Waals surface area contributed by atoms with Crippen LogP contribution < -0.4 is 14.8 Å². The van der Waals surface area contributed by atoms with Crippen LogP contribution in [0.25, 0.3) is 0 Å². The molecule has 1 unspecified atom stereocenters. The summed E-state index contributed by atoms with van der Waals surface area (Å²) in [5.41, 5.74) is 1.18. The smallest absolute Gasteiger partial charge is 0.387 e. The second-order valence-electron chi connectivity index (χ2n) is 6.51. The molecule has 2 aromatic rings. The summed E-state index contributed by atoms with van der Waals surface area (Å²) in [6.07, 6.45) is -1.16. The van der Waals surface area contributed by atoms with E-state index in [-0.39, 0.29) is 18.0 Å². The van der Waals surface area contributed by atoms with Crippen molar-refractivity contribution < 1.29 is 32.6 Å². The van der Waals surface area contributed by atoms with Gasteiger partial charge in [0.25, 0.3) is 5.91 Å². The Kier molecular flexibility index (Phi) is 7.94. The van der Waals surface area contributed by atoms with Crippen LogP contribution in [0, 0.1) is 0 Å². The zero-order chi connectivity index (χ0) is 21.4. The maximum absolute atomic E-state index is 12.4. The summed E-state index contributed by atoms with van der Waals surface area (Å²) in [6, 6.07) is 13.0. The lowest BCUT2D eigenvalue weighted by Crippen LogP contribution is -2.31. The summed E-state index contributed by atoms with van der Waals surface area (Å²) in [6.45, 7) is 2.09. The molecule has 2 rings (SSSR count). The number of nitrogens with one attached hydrogen (secondary N) is 1. The maximum Gasteiger partial charge on any atom is 0.387 e. The minimum atomic E-state index is -3.03. The van der Waals surface area contributed by atoms with Crippen molar-refractivity contribution in [1.82, 2.24) is 0 Å². The van der Waals surface area contributed by atoms with Crippen LogP contribution in [0.5, 0.6) is 11.5 Å². The van der Waals surface area contributed by atoms with E-state index in [1.807, 2.05) is 12.1 Å². The fourth-order valence-corrected chi connectivity index (χ4v) is 2.38. The van der Waals surface area contributed by atoms with E-state index in [1.165, 1.54) is 25.1 Å². The molecule has 0 aromatic heterocycles. The van der Waals surface area contributed by atoms with Crippen LogP contribution in [0.15, 0.2) is 48.5 Å². The zero-order valence-corrected chi connectivity index (χ0v) is 16.4. The summed E-state index contributed by atoms with van der Waals surface area (Å²) < 4.78 is 39.6. The first kappa shape index (κ1) is 22.1. The molecule has 1 atom stereocenters. The van der Waals surface area contributed by atoms with Crippen LogP contribution in [0.1, 0.15) is 32.3 Å². The first-order valence-electron chi connectivity index (χ1n) is 9.03. The third-order valence-corrected chi connectivity index (χ3v) is 3.94. The number of para-hydroxylation sites is 2. The Morgan fingerprint density at radius 1 is 1.00 bits per heavy atom. The van der Waals surface area contributed by atoms with Crippen molar-refractivity contribution in [1.29, 1.82) is 0 Å². The number of carbonyl (C=O) groups excluding carboxylic acids is 2. The Balaban J connectivity index is 1.85. The van der Waals surface area contributed by atoms with Gasteiger partial charge in [-0.1, -0.05) is 38.1 Å². The topological polar surface area (TPSA) is 73.9 Å². The quantitative estimate of drug-likeness (QED) is 0.625. The van der Waals surface area contributed by atoms with Crippen LogP contribution in [-0.2, 0) is 14.3 Å². The van der Waals surface area contributed by atoms with Gasteiger partial charge in [0.2, 0.25) is 0 Å². The van der Waals surface area contributed by atoms with Gasteiger partial charge in [-0.25, -0.2) is 4.79 Å².